The zero-order valence-electron chi connectivity index (χ0n) is 11.0. The predicted molar refractivity (Wildman–Crippen MR) is 82.6 cm³/mol. The molecule has 0 N–H and O–H groups in total. The molecule has 1 nitrogen and oxygen atoms in total. The summed E-state index contributed by atoms with van der Waals surface area (Å²) in [6.07, 6.45) is 2.44. The van der Waals surface area contributed by atoms with Gasteiger partial charge in [0.15, 0.2) is 5.78 Å². The molecule has 0 spiro atoms. The van der Waals surface area contributed by atoms with Crippen molar-refractivity contribution in [3.05, 3.63) is 69.7 Å². The number of Topliss-reactive ketones (excluding diaryl/α,β-unsaturated/α-hetero) is 1. The summed E-state index contributed by atoms with van der Waals surface area (Å²) in [5, 5.41) is 0. The molecule has 0 aliphatic rings. The summed E-state index contributed by atoms with van der Waals surface area (Å²) in [5.41, 5.74) is 3.19. The van der Waals surface area contributed by atoms with Gasteiger partial charge in [0.05, 0.1) is 0 Å². The Bertz CT molecular complexity index is 561. The van der Waals surface area contributed by atoms with E-state index in [0.717, 1.165) is 28.4 Å². The minimum absolute atomic E-state index is 0.214. The normalized spacial score (nSPS) is 10.4. The molecule has 0 heterocycles. The van der Waals surface area contributed by atoms with Crippen LogP contribution in [-0.2, 0) is 6.42 Å². The fourth-order valence-electron chi connectivity index (χ4n) is 2.10. The molecule has 0 fully saturated rings. The first-order chi connectivity index (χ1) is 9.18. The van der Waals surface area contributed by atoms with Crippen LogP contribution < -0.4 is 0 Å². The van der Waals surface area contributed by atoms with E-state index in [0.29, 0.717) is 6.42 Å². The first kappa shape index (κ1) is 14.0. The standard InChI is InChI=1S/C17H17BrO/c1-13-7-5-11-15(17(13)18)16(19)12-6-10-14-8-3-2-4-9-14/h2-5,7-9,11H,6,10,12H2,1H3. The van der Waals surface area contributed by atoms with E-state index in [2.05, 4.69) is 28.1 Å². The number of benzene rings is 2. The van der Waals surface area contributed by atoms with Crippen LogP contribution in [0.25, 0.3) is 0 Å². The molecule has 0 aliphatic carbocycles. The highest BCUT2D eigenvalue weighted by Gasteiger charge is 2.10. The Morgan fingerprint density at radius 1 is 1.05 bits per heavy atom. The van der Waals surface area contributed by atoms with Crippen molar-refractivity contribution in [3.8, 4) is 0 Å². The number of hydrogen-bond donors (Lipinski definition) is 0. The van der Waals surface area contributed by atoms with Gasteiger partial charge >= 0.3 is 0 Å². The highest BCUT2D eigenvalue weighted by atomic mass is 79.9. The third-order valence-corrected chi connectivity index (χ3v) is 4.26. The number of hydrogen-bond acceptors (Lipinski definition) is 1. The second-order valence-corrected chi connectivity index (χ2v) is 5.49. The summed E-state index contributed by atoms with van der Waals surface area (Å²) in [4.78, 5) is 12.2. The molecule has 0 atom stereocenters. The summed E-state index contributed by atoms with van der Waals surface area (Å²) >= 11 is 3.50. The largest absolute Gasteiger partial charge is 0.294 e. The average Bonchev–Trinajstić information content (AvgIpc) is 2.43. The van der Waals surface area contributed by atoms with Crippen LogP contribution in [0.4, 0.5) is 0 Å². The SMILES string of the molecule is Cc1cccc(C(=O)CCCc2ccccc2)c1Br. The molecule has 2 aromatic carbocycles. The van der Waals surface area contributed by atoms with Crippen molar-refractivity contribution < 1.29 is 4.79 Å². The number of aryl methyl sites for hydroxylation is 2. The van der Waals surface area contributed by atoms with E-state index in [1.165, 1.54) is 5.56 Å². The number of carbonyl (C=O) groups is 1. The van der Waals surface area contributed by atoms with Crippen LogP contribution in [0, 0.1) is 6.92 Å². The molecule has 0 unspecified atom stereocenters. The molecule has 0 aliphatic heterocycles. The van der Waals surface area contributed by atoms with Crippen LogP contribution in [-0.4, -0.2) is 5.78 Å². The van der Waals surface area contributed by atoms with Gasteiger partial charge < -0.3 is 0 Å². The van der Waals surface area contributed by atoms with Gasteiger partial charge in [-0.1, -0.05) is 48.5 Å². The monoisotopic (exact) mass is 316 g/mol. The van der Waals surface area contributed by atoms with Gasteiger partial charge in [-0.25, -0.2) is 0 Å². The Kier molecular flexibility index (Phi) is 4.92. The lowest BCUT2D eigenvalue weighted by Crippen LogP contribution is -2.02. The van der Waals surface area contributed by atoms with E-state index in [-0.39, 0.29) is 5.78 Å². The smallest absolute Gasteiger partial charge is 0.164 e. The fourth-order valence-corrected chi connectivity index (χ4v) is 2.58. The van der Waals surface area contributed by atoms with Gasteiger partial charge in [-0.05, 0) is 46.8 Å². The van der Waals surface area contributed by atoms with Crippen LogP contribution in [0.15, 0.2) is 53.0 Å². The molecule has 2 rings (SSSR count). The Labute approximate surface area is 122 Å². The lowest BCUT2D eigenvalue weighted by atomic mass is 10.0. The lowest BCUT2D eigenvalue weighted by Gasteiger charge is -2.06. The molecule has 98 valence electrons. The average molecular weight is 317 g/mol. The van der Waals surface area contributed by atoms with Crippen molar-refractivity contribution in [3.63, 3.8) is 0 Å². The Hall–Kier alpha value is -1.41. The predicted octanol–water partition coefficient (Wildman–Crippen LogP) is 4.96. The van der Waals surface area contributed by atoms with Crippen LogP contribution >= 0.6 is 15.9 Å². The van der Waals surface area contributed by atoms with Crippen molar-refractivity contribution in [1.29, 1.82) is 0 Å². The highest BCUT2D eigenvalue weighted by molar-refractivity contribution is 9.10. The minimum atomic E-state index is 0.214. The minimum Gasteiger partial charge on any atom is -0.294 e. The van der Waals surface area contributed by atoms with Gasteiger partial charge in [0.25, 0.3) is 0 Å². The third-order valence-electron chi connectivity index (χ3n) is 3.20. The number of carbonyl (C=O) groups excluding carboxylic acids is 1. The van der Waals surface area contributed by atoms with Gasteiger partial charge in [-0.2, -0.15) is 0 Å². The van der Waals surface area contributed by atoms with Crippen molar-refractivity contribution >= 4 is 21.7 Å². The molecule has 0 aromatic heterocycles. The van der Waals surface area contributed by atoms with Crippen molar-refractivity contribution in [2.24, 2.45) is 0 Å². The Morgan fingerprint density at radius 3 is 2.53 bits per heavy atom. The Balaban J connectivity index is 1.93. The number of ketones is 1. The maximum absolute atomic E-state index is 12.2. The highest BCUT2D eigenvalue weighted by Crippen LogP contribution is 2.22. The van der Waals surface area contributed by atoms with Crippen LogP contribution in [0.5, 0.6) is 0 Å². The summed E-state index contributed by atoms with van der Waals surface area (Å²) in [6, 6.07) is 16.1. The third kappa shape index (κ3) is 3.77. The van der Waals surface area contributed by atoms with Crippen LogP contribution in [0.3, 0.4) is 0 Å². The summed E-state index contributed by atoms with van der Waals surface area (Å²) in [7, 11) is 0. The molecule has 0 saturated carbocycles. The summed E-state index contributed by atoms with van der Waals surface area (Å²) in [5.74, 6) is 0.214. The molecule has 2 heteroatoms. The van der Waals surface area contributed by atoms with E-state index in [9.17, 15) is 4.79 Å². The van der Waals surface area contributed by atoms with Gasteiger partial charge in [0, 0.05) is 16.5 Å². The van der Waals surface area contributed by atoms with Crippen molar-refractivity contribution in [1.82, 2.24) is 0 Å². The van der Waals surface area contributed by atoms with Gasteiger partial charge in [0.1, 0.15) is 0 Å². The van der Waals surface area contributed by atoms with E-state index >= 15 is 0 Å². The van der Waals surface area contributed by atoms with Crippen LogP contribution in [0.1, 0.15) is 34.3 Å². The maximum Gasteiger partial charge on any atom is 0.164 e. The molecular formula is C17H17BrO. The molecule has 0 radical (unpaired) electrons. The van der Waals surface area contributed by atoms with Crippen LogP contribution in [0.2, 0.25) is 0 Å². The maximum atomic E-state index is 12.2. The first-order valence-electron chi connectivity index (χ1n) is 6.50. The second-order valence-electron chi connectivity index (χ2n) is 4.70. The Morgan fingerprint density at radius 2 is 1.79 bits per heavy atom. The molecule has 2 aromatic rings. The van der Waals surface area contributed by atoms with Crippen molar-refractivity contribution in [2.45, 2.75) is 26.2 Å². The number of rotatable bonds is 5. The molecular weight excluding hydrogens is 300 g/mol. The van der Waals surface area contributed by atoms with Crippen molar-refractivity contribution in [2.75, 3.05) is 0 Å². The van der Waals surface area contributed by atoms with E-state index in [1.807, 2.05) is 43.3 Å². The summed E-state index contributed by atoms with van der Waals surface area (Å²) < 4.78 is 0.930. The van der Waals surface area contributed by atoms with Gasteiger partial charge in [-0.3, -0.25) is 4.79 Å². The molecule has 0 amide bonds. The molecule has 19 heavy (non-hydrogen) atoms. The fraction of sp³-hybridized carbons (Fsp3) is 0.235. The number of halogens is 1. The first-order valence-corrected chi connectivity index (χ1v) is 7.30. The zero-order chi connectivity index (χ0) is 13.7. The van der Waals surface area contributed by atoms with E-state index < -0.39 is 0 Å². The quantitative estimate of drug-likeness (QED) is 0.712. The van der Waals surface area contributed by atoms with Gasteiger partial charge in [-0.15, -0.1) is 0 Å². The molecule has 0 saturated heterocycles. The topological polar surface area (TPSA) is 17.1 Å². The zero-order valence-corrected chi connectivity index (χ0v) is 12.6. The lowest BCUT2D eigenvalue weighted by molar-refractivity contribution is 0.0979. The summed E-state index contributed by atoms with van der Waals surface area (Å²) in [6.45, 7) is 2.00. The van der Waals surface area contributed by atoms with E-state index in [1.54, 1.807) is 0 Å². The second kappa shape index (κ2) is 6.67. The molecule has 0 bridgehead atoms. The van der Waals surface area contributed by atoms with Gasteiger partial charge in [0.2, 0.25) is 0 Å². The van der Waals surface area contributed by atoms with E-state index in [4.69, 9.17) is 0 Å².